The SMILES string of the molecule is COc1ccc2oc(C(=O)Nc3cc(S(=O)(=O)Nc4ccccc4OC)ccc3O)c(C)c2c1. The number of fused-ring (bicyclic) bond motifs is 1. The Kier molecular flexibility index (Phi) is 6.08. The van der Waals surface area contributed by atoms with Crippen LogP contribution in [0.3, 0.4) is 0 Å². The number of anilines is 2. The van der Waals surface area contributed by atoms with E-state index in [0.29, 0.717) is 28.0 Å². The van der Waals surface area contributed by atoms with Crippen LogP contribution in [0.25, 0.3) is 11.0 Å². The lowest BCUT2D eigenvalue weighted by molar-refractivity contribution is 0.0997. The van der Waals surface area contributed by atoms with Crippen LogP contribution in [0.5, 0.6) is 17.2 Å². The second kappa shape index (κ2) is 8.99. The number of aromatic hydroxyl groups is 1. The third kappa shape index (κ3) is 4.35. The molecule has 4 rings (SSSR count). The minimum absolute atomic E-state index is 0.0306. The number of phenolic OH excluding ortho intramolecular Hbond substituents is 1. The van der Waals surface area contributed by atoms with Crippen LogP contribution in [0, 0.1) is 6.92 Å². The van der Waals surface area contributed by atoms with Crippen LogP contribution >= 0.6 is 0 Å². The van der Waals surface area contributed by atoms with E-state index < -0.39 is 15.9 Å². The molecule has 1 aromatic heterocycles. The van der Waals surface area contributed by atoms with Gasteiger partial charge in [0, 0.05) is 10.9 Å². The topological polar surface area (TPSA) is 127 Å². The van der Waals surface area contributed by atoms with Gasteiger partial charge < -0.3 is 24.3 Å². The Morgan fingerprint density at radius 2 is 1.74 bits per heavy atom. The number of phenols is 1. The first-order chi connectivity index (χ1) is 16.2. The lowest BCUT2D eigenvalue weighted by atomic mass is 10.1. The second-order valence-corrected chi connectivity index (χ2v) is 9.04. The summed E-state index contributed by atoms with van der Waals surface area (Å²) in [5, 5.41) is 13.5. The molecule has 0 spiro atoms. The Balaban J connectivity index is 1.63. The molecule has 0 radical (unpaired) electrons. The van der Waals surface area contributed by atoms with Crippen LogP contribution in [0.4, 0.5) is 11.4 Å². The number of carbonyl (C=O) groups is 1. The number of rotatable bonds is 7. The number of para-hydroxylation sites is 2. The number of amides is 1. The minimum atomic E-state index is -4.05. The number of nitrogens with one attached hydrogen (secondary N) is 2. The first-order valence-electron chi connectivity index (χ1n) is 10.1. The maximum Gasteiger partial charge on any atom is 0.291 e. The van der Waals surface area contributed by atoms with E-state index in [1.54, 1.807) is 49.4 Å². The molecule has 0 unspecified atom stereocenters. The van der Waals surface area contributed by atoms with Crippen molar-refractivity contribution in [1.82, 2.24) is 0 Å². The number of hydrogen-bond donors (Lipinski definition) is 3. The van der Waals surface area contributed by atoms with Gasteiger partial charge >= 0.3 is 0 Å². The number of ether oxygens (including phenoxy) is 2. The molecule has 0 fully saturated rings. The number of aryl methyl sites for hydroxylation is 1. The lowest BCUT2D eigenvalue weighted by Gasteiger charge is -2.13. The summed E-state index contributed by atoms with van der Waals surface area (Å²) >= 11 is 0. The van der Waals surface area contributed by atoms with Crippen molar-refractivity contribution in [2.45, 2.75) is 11.8 Å². The van der Waals surface area contributed by atoms with E-state index in [1.807, 2.05) is 0 Å². The fraction of sp³-hybridized carbons (Fsp3) is 0.125. The first kappa shape index (κ1) is 23.0. The fourth-order valence-electron chi connectivity index (χ4n) is 3.44. The predicted octanol–water partition coefficient (Wildman–Crippen LogP) is 4.52. The van der Waals surface area contributed by atoms with Crippen molar-refractivity contribution >= 4 is 38.3 Å². The van der Waals surface area contributed by atoms with Gasteiger partial charge in [0.05, 0.1) is 30.5 Å². The van der Waals surface area contributed by atoms with Crippen molar-refractivity contribution < 1.29 is 32.2 Å². The van der Waals surface area contributed by atoms with Crippen LogP contribution in [0.15, 0.2) is 70.0 Å². The van der Waals surface area contributed by atoms with Gasteiger partial charge in [0.15, 0.2) is 5.76 Å². The third-order valence-corrected chi connectivity index (χ3v) is 6.59. The summed E-state index contributed by atoms with van der Waals surface area (Å²) in [6, 6.07) is 15.3. The maximum atomic E-state index is 12.9. The number of benzene rings is 3. The molecule has 0 aliphatic carbocycles. The van der Waals surface area contributed by atoms with E-state index in [1.165, 1.54) is 26.4 Å². The zero-order valence-electron chi connectivity index (χ0n) is 18.6. The van der Waals surface area contributed by atoms with Gasteiger partial charge in [-0.1, -0.05) is 12.1 Å². The number of carbonyl (C=O) groups excluding carboxylic acids is 1. The van der Waals surface area contributed by atoms with Crippen molar-refractivity contribution in [3.05, 3.63) is 72.0 Å². The highest BCUT2D eigenvalue weighted by atomic mass is 32.2. The maximum absolute atomic E-state index is 12.9. The summed E-state index contributed by atoms with van der Waals surface area (Å²) in [4.78, 5) is 12.7. The van der Waals surface area contributed by atoms with Gasteiger partial charge in [-0.3, -0.25) is 9.52 Å². The molecule has 34 heavy (non-hydrogen) atoms. The van der Waals surface area contributed by atoms with Gasteiger partial charge in [0.25, 0.3) is 15.9 Å². The molecule has 0 aliphatic rings. The summed E-state index contributed by atoms with van der Waals surface area (Å²) < 4.78 is 44.4. The molecule has 0 saturated carbocycles. The zero-order chi connectivity index (χ0) is 24.5. The molecule has 3 N–H and O–H groups in total. The van der Waals surface area contributed by atoms with Crippen molar-refractivity contribution in [1.29, 1.82) is 0 Å². The molecule has 4 aromatic rings. The monoisotopic (exact) mass is 482 g/mol. The highest BCUT2D eigenvalue weighted by Gasteiger charge is 2.22. The molecular formula is C24H22N2O7S. The summed E-state index contributed by atoms with van der Waals surface area (Å²) in [5.74, 6) is 0.0371. The smallest absolute Gasteiger partial charge is 0.291 e. The molecule has 1 heterocycles. The van der Waals surface area contributed by atoms with Crippen LogP contribution in [-0.2, 0) is 10.0 Å². The molecular weight excluding hydrogens is 460 g/mol. The average molecular weight is 483 g/mol. The molecule has 0 atom stereocenters. The van der Waals surface area contributed by atoms with E-state index in [9.17, 15) is 18.3 Å². The van der Waals surface area contributed by atoms with Crippen LogP contribution < -0.4 is 19.5 Å². The Labute approximate surface area is 196 Å². The Hall–Kier alpha value is -4.18. The Morgan fingerprint density at radius 3 is 2.47 bits per heavy atom. The van der Waals surface area contributed by atoms with Gasteiger partial charge in [-0.05, 0) is 55.5 Å². The highest BCUT2D eigenvalue weighted by molar-refractivity contribution is 7.92. The quantitative estimate of drug-likeness (QED) is 0.331. The molecule has 176 valence electrons. The van der Waals surface area contributed by atoms with Crippen molar-refractivity contribution in [2.24, 2.45) is 0 Å². The van der Waals surface area contributed by atoms with Gasteiger partial charge in [0.1, 0.15) is 22.8 Å². The van der Waals surface area contributed by atoms with Gasteiger partial charge in [0.2, 0.25) is 0 Å². The Morgan fingerprint density at radius 1 is 0.971 bits per heavy atom. The summed E-state index contributed by atoms with van der Waals surface area (Å²) in [6.45, 7) is 1.72. The lowest BCUT2D eigenvalue weighted by Crippen LogP contribution is -2.15. The Bertz CT molecular complexity index is 1490. The van der Waals surface area contributed by atoms with E-state index in [2.05, 4.69) is 10.0 Å². The third-order valence-electron chi connectivity index (χ3n) is 5.23. The van der Waals surface area contributed by atoms with E-state index >= 15 is 0 Å². The molecule has 10 heteroatoms. The summed E-state index contributed by atoms with van der Waals surface area (Å²) in [5.41, 5.74) is 1.22. The summed E-state index contributed by atoms with van der Waals surface area (Å²) in [7, 11) is -1.09. The average Bonchev–Trinajstić information content (AvgIpc) is 3.16. The molecule has 1 amide bonds. The first-order valence-corrected chi connectivity index (χ1v) is 11.6. The minimum Gasteiger partial charge on any atom is -0.506 e. The largest absolute Gasteiger partial charge is 0.506 e. The molecule has 3 aromatic carbocycles. The second-order valence-electron chi connectivity index (χ2n) is 7.36. The van der Waals surface area contributed by atoms with Gasteiger partial charge in [-0.25, -0.2) is 8.42 Å². The van der Waals surface area contributed by atoms with Crippen LogP contribution in [-0.4, -0.2) is 33.7 Å². The molecule has 0 saturated heterocycles. The number of methoxy groups -OCH3 is 2. The molecule has 9 nitrogen and oxygen atoms in total. The predicted molar refractivity (Wildman–Crippen MR) is 127 cm³/mol. The van der Waals surface area contributed by atoms with E-state index in [-0.39, 0.29) is 27.8 Å². The van der Waals surface area contributed by atoms with Crippen molar-refractivity contribution in [2.75, 3.05) is 24.3 Å². The van der Waals surface area contributed by atoms with Crippen molar-refractivity contribution in [3.8, 4) is 17.2 Å². The van der Waals surface area contributed by atoms with E-state index in [0.717, 1.165) is 6.07 Å². The standard InChI is InChI=1S/C24H22N2O7S/c1-14-17-12-15(31-2)8-11-21(17)33-23(14)24(28)25-19-13-16(9-10-20(19)27)34(29,30)26-18-6-4-5-7-22(18)32-3/h4-13,26-27H,1-3H3,(H,25,28). The van der Waals surface area contributed by atoms with Gasteiger partial charge in [-0.2, -0.15) is 0 Å². The normalized spacial score (nSPS) is 11.3. The number of furan rings is 1. The molecule has 0 aliphatic heterocycles. The van der Waals surface area contributed by atoms with Crippen LogP contribution in [0.1, 0.15) is 16.1 Å². The highest BCUT2D eigenvalue weighted by Crippen LogP contribution is 2.32. The van der Waals surface area contributed by atoms with Crippen molar-refractivity contribution in [3.63, 3.8) is 0 Å². The van der Waals surface area contributed by atoms with E-state index in [4.69, 9.17) is 13.9 Å². The fourth-order valence-corrected chi connectivity index (χ4v) is 4.53. The number of sulfonamides is 1. The van der Waals surface area contributed by atoms with Gasteiger partial charge in [-0.15, -0.1) is 0 Å². The molecule has 0 bridgehead atoms. The summed E-state index contributed by atoms with van der Waals surface area (Å²) in [6.07, 6.45) is 0. The van der Waals surface area contributed by atoms with Crippen LogP contribution in [0.2, 0.25) is 0 Å². The zero-order valence-corrected chi connectivity index (χ0v) is 19.4. The number of hydrogen-bond acceptors (Lipinski definition) is 7.